The summed E-state index contributed by atoms with van der Waals surface area (Å²) >= 11 is 0. The molecule has 2 unspecified atom stereocenters. The van der Waals surface area contributed by atoms with Crippen molar-refractivity contribution >= 4 is 0 Å². The molecule has 2 N–H and O–H groups in total. The molecule has 0 radical (unpaired) electrons. The van der Waals surface area contributed by atoms with E-state index in [-0.39, 0.29) is 0 Å². The molecule has 0 amide bonds. The van der Waals surface area contributed by atoms with Crippen LogP contribution in [0.15, 0.2) is 24.3 Å². The van der Waals surface area contributed by atoms with Crippen molar-refractivity contribution in [1.82, 2.24) is 4.90 Å². The van der Waals surface area contributed by atoms with Gasteiger partial charge in [-0.05, 0) is 50.4 Å². The highest BCUT2D eigenvalue weighted by molar-refractivity contribution is 5.28. The average molecular weight is 248 g/mol. The summed E-state index contributed by atoms with van der Waals surface area (Å²) in [7, 11) is 0. The average Bonchev–Trinajstić information content (AvgIpc) is 2.71. The van der Waals surface area contributed by atoms with Crippen LogP contribution in [0.5, 0.6) is 5.75 Å². The van der Waals surface area contributed by atoms with Crippen LogP contribution in [0.1, 0.15) is 25.8 Å². The number of likely N-dealkylation sites (tertiary alicyclic amines) is 1. The zero-order valence-corrected chi connectivity index (χ0v) is 11.4. The molecule has 1 fully saturated rings. The molecule has 0 aromatic heterocycles. The molecule has 18 heavy (non-hydrogen) atoms. The lowest BCUT2D eigenvalue weighted by molar-refractivity contribution is 0.255. The summed E-state index contributed by atoms with van der Waals surface area (Å²) in [6.45, 7) is 7.96. The molecule has 3 heteroatoms. The first-order valence-electron chi connectivity index (χ1n) is 6.88. The molecule has 1 aromatic rings. The maximum atomic E-state index is 5.77. The van der Waals surface area contributed by atoms with Gasteiger partial charge in [0, 0.05) is 19.1 Å². The van der Waals surface area contributed by atoms with Crippen molar-refractivity contribution < 1.29 is 4.74 Å². The molecular formula is C15H24N2O. The number of hydrogen-bond acceptors (Lipinski definition) is 3. The Balaban J connectivity index is 1.98. The molecule has 3 nitrogen and oxygen atoms in total. The summed E-state index contributed by atoms with van der Waals surface area (Å²) in [5.41, 5.74) is 7.09. The zero-order valence-electron chi connectivity index (χ0n) is 11.4. The first-order valence-corrected chi connectivity index (χ1v) is 6.88. The van der Waals surface area contributed by atoms with Crippen molar-refractivity contribution in [2.75, 3.05) is 19.7 Å². The minimum absolute atomic E-state index is 0.634. The van der Waals surface area contributed by atoms with Crippen LogP contribution < -0.4 is 10.5 Å². The Kier molecular flexibility index (Phi) is 4.61. The van der Waals surface area contributed by atoms with Crippen LogP contribution in [-0.4, -0.2) is 30.6 Å². The van der Waals surface area contributed by atoms with E-state index >= 15 is 0 Å². The second-order valence-electron chi connectivity index (χ2n) is 5.20. The summed E-state index contributed by atoms with van der Waals surface area (Å²) in [5.74, 6) is 1.63. The minimum atomic E-state index is 0.634. The maximum Gasteiger partial charge on any atom is 0.119 e. The number of rotatable bonds is 5. The molecule has 100 valence electrons. The first-order chi connectivity index (χ1) is 8.72. The Labute approximate surface area is 110 Å². The molecular weight excluding hydrogens is 224 g/mol. The Morgan fingerprint density at radius 1 is 1.44 bits per heavy atom. The van der Waals surface area contributed by atoms with Crippen molar-refractivity contribution in [1.29, 1.82) is 0 Å². The van der Waals surface area contributed by atoms with E-state index < -0.39 is 0 Å². The van der Waals surface area contributed by atoms with Crippen LogP contribution in [0.3, 0.4) is 0 Å². The lowest BCUT2D eigenvalue weighted by Crippen LogP contribution is -2.27. The normalized spacial score (nSPS) is 24.4. The highest BCUT2D eigenvalue weighted by Crippen LogP contribution is 2.25. The quantitative estimate of drug-likeness (QED) is 0.868. The van der Waals surface area contributed by atoms with Crippen molar-refractivity contribution in [3.63, 3.8) is 0 Å². The van der Waals surface area contributed by atoms with Gasteiger partial charge in [-0.3, -0.25) is 4.90 Å². The van der Waals surface area contributed by atoms with Gasteiger partial charge in [-0.2, -0.15) is 0 Å². The van der Waals surface area contributed by atoms with Crippen LogP contribution >= 0.6 is 0 Å². The summed E-state index contributed by atoms with van der Waals surface area (Å²) in [5, 5.41) is 0. The van der Waals surface area contributed by atoms with Crippen LogP contribution in [0.4, 0.5) is 0 Å². The SMILES string of the molecule is CCOc1cccc(CN2CC(CN)CC2C)c1. The van der Waals surface area contributed by atoms with Crippen molar-refractivity contribution in [3.8, 4) is 5.75 Å². The smallest absolute Gasteiger partial charge is 0.119 e. The fraction of sp³-hybridized carbons (Fsp3) is 0.600. The van der Waals surface area contributed by atoms with E-state index in [4.69, 9.17) is 10.5 Å². The van der Waals surface area contributed by atoms with Crippen molar-refractivity contribution in [2.45, 2.75) is 32.9 Å². The number of nitrogens with two attached hydrogens (primary N) is 1. The predicted octanol–water partition coefficient (Wildman–Crippen LogP) is 2.25. The number of nitrogens with zero attached hydrogens (tertiary/aromatic N) is 1. The minimum Gasteiger partial charge on any atom is -0.494 e. The molecule has 1 heterocycles. The van der Waals surface area contributed by atoms with Crippen molar-refractivity contribution in [2.24, 2.45) is 11.7 Å². The van der Waals surface area contributed by atoms with E-state index in [0.717, 1.165) is 32.0 Å². The third kappa shape index (κ3) is 3.24. The highest BCUT2D eigenvalue weighted by atomic mass is 16.5. The monoisotopic (exact) mass is 248 g/mol. The van der Waals surface area contributed by atoms with E-state index in [1.165, 1.54) is 12.0 Å². The lowest BCUT2D eigenvalue weighted by Gasteiger charge is -2.21. The lowest BCUT2D eigenvalue weighted by atomic mass is 10.1. The number of benzene rings is 1. The second-order valence-corrected chi connectivity index (χ2v) is 5.20. The van der Waals surface area contributed by atoms with Gasteiger partial charge in [0.05, 0.1) is 6.61 Å². The number of ether oxygens (including phenoxy) is 1. The van der Waals surface area contributed by atoms with E-state index in [2.05, 4.69) is 30.0 Å². The van der Waals surface area contributed by atoms with Crippen LogP contribution in [0.25, 0.3) is 0 Å². The maximum absolute atomic E-state index is 5.77. The first kappa shape index (κ1) is 13.4. The van der Waals surface area contributed by atoms with Gasteiger partial charge in [-0.25, -0.2) is 0 Å². The standard InChI is InChI=1S/C15H24N2O/c1-3-18-15-6-4-5-13(8-15)10-17-11-14(9-16)7-12(17)2/h4-6,8,12,14H,3,7,9-11,16H2,1-2H3. The van der Waals surface area contributed by atoms with E-state index in [0.29, 0.717) is 12.0 Å². The molecule has 2 atom stereocenters. The Morgan fingerprint density at radius 2 is 2.28 bits per heavy atom. The Hall–Kier alpha value is -1.06. The molecule has 1 aromatic carbocycles. The van der Waals surface area contributed by atoms with Gasteiger partial charge in [0.1, 0.15) is 5.75 Å². The third-order valence-corrected chi connectivity index (χ3v) is 3.72. The zero-order chi connectivity index (χ0) is 13.0. The van der Waals surface area contributed by atoms with E-state index in [1.807, 2.05) is 13.0 Å². The van der Waals surface area contributed by atoms with Gasteiger partial charge in [-0.1, -0.05) is 12.1 Å². The van der Waals surface area contributed by atoms with Crippen molar-refractivity contribution in [3.05, 3.63) is 29.8 Å². The van der Waals surface area contributed by atoms with Gasteiger partial charge in [0.2, 0.25) is 0 Å². The number of hydrogen-bond donors (Lipinski definition) is 1. The van der Waals surface area contributed by atoms with Gasteiger partial charge in [-0.15, -0.1) is 0 Å². The van der Waals surface area contributed by atoms with E-state index in [1.54, 1.807) is 0 Å². The van der Waals surface area contributed by atoms with Gasteiger partial charge in [0.25, 0.3) is 0 Å². The van der Waals surface area contributed by atoms with Crippen LogP contribution in [-0.2, 0) is 6.54 Å². The molecule has 0 spiro atoms. The fourth-order valence-corrected chi connectivity index (χ4v) is 2.74. The molecule has 0 saturated carbocycles. The molecule has 2 rings (SSSR count). The molecule has 0 aliphatic carbocycles. The third-order valence-electron chi connectivity index (χ3n) is 3.72. The highest BCUT2D eigenvalue weighted by Gasteiger charge is 2.27. The largest absolute Gasteiger partial charge is 0.494 e. The topological polar surface area (TPSA) is 38.5 Å². The summed E-state index contributed by atoms with van der Waals surface area (Å²) in [4.78, 5) is 2.52. The Bertz CT molecular complexity index is 381. The Morgan fingerprint density at radius 3 is 2.94 bits per heavy atom. The van der Waals surface area contributed by atoms with Crippen LogP contribution in [0.2, 0.25) is 0 Å². The molecule has 0 bridgehead atoms. The molecule has 1 aliphatic heterocycles. The van der Waals surface area contributed by atoms with Gasteiger partial charge < -0.3 is 10.5 Å². The molecule has 1 aliphatic rings. The second kappa shape index (κ2) is 6.21. The fourth-order valence-electron chi connectivity index (χ4n) is 2.74. The van der Waals surface area contributed by atoms with Gasteiger partial charge in [0.15, 0.2) is 0 Å². The molecule has 1 saturated heterocycles. The summed E-state index contributed by atoms with van der Waals surface area (Å²) in [6.07, 6.45) is 1.22. The predicted molar refractivity (Wildman–Crippen MR) is 74.6 cm³/mol. The van der Waals surface area contributed by atoms with E-state index in [9.17, 15) is 0 Å². The van der Waals surface area contributed by atoms with Crippen LogP contribution in [0, 0.1) is 5.92 Å². The summed E-state index contributed by atoms with van der Waals surface area (Å²) < 4.78 is 5.54. The van der Waals surface area contributed by atoms with Gasteiger partial charge >= 0.3 is 0 Å². The summed E-state index contributed by atoms with van der Waals surface area (Å²) in [6, 6.07) is 9.04.